The number of hydrogen-bond donors (Lipinski definition) is 1. The minimum atomic E-state index is 0.590. The minimum absolute atomic E-state index is 0.590. The van der Waals surface area contributed by atoms with E-state index in [0.717, 1.165) is 31.1 Å². The Morgan fingerprint density at radius 2 is 1.62 bits per heavy atom. The standard InChI is InChI=1S/C23H29N3/c24-14-19-9-11-21(12-10-19)17-26(16-20-5-2-1-3-6-20)18-23-8-4-7-22(13-23)15-25/h4,7-13,20H,1-3,5-6,14,16-18,24H2. The molecular weight excluding hydrogens is 318 g/mol. The Morgan fingerprint density at radius 1 is 0.923 bits per heavy atom. The molecule has 2 N–H and O–H groups in total. The maximum Gasteiger partial charge on any atom is 0.0991 e. The first kappa shape index (κ1) is 18.6. The lowest BCUT2D eigenvalue weighted by atomic mass is 9.88. The Morgan fingerprint density at radius 3 is 2.31 bits per heavy atom. The van der Waals surface area contributed by atoms with Crippen molar-refractivity contribution < 1.29 is 0 Å². The molecule has 0 unspecified atom stereocenters. The van der Waals surface area contributed by atoms with E-state index in [1.54, 1.807) is 0 Å². The predicted molar refractivity (Wildman–Crippen MR) is 106 cm³/mol. The fourth-order valence-electron chi connectivity index (χ4n) is 3.96. The molecule has 2 aromatic rings. The Kier molecular flexibility index (Phi) is 6.82. The monoisotopic (exact) mass is 347 g/mol. The number of benzene rings is 2. The summed E-state index contributed by atoms with van der Waals surface area (Å²) in [6.07, 6.45) is 6.82. The summed E-state index contributed by atoms with van der Waals surface area (Å²) in [4.78, 5) is 2.55. The lowest BCUT2D eigenvalue weighted by Gasteiger charge is -2.30. The van der Waals surface area contributed by atoms with Gasteiger partial charge in [0.05, 0.1) is 11.6 Å². The third-order valence-electron chi connectivity index (χ3n) is 5.37. The van der Waals surface area contributed by atoms with Gasteiger partial charge in [-0.1, -0.05) is 55.7 Å². The largest absolute Gasteiger partial charge is 0.326 e. The van der Waals surface area contributed by atoms with Crippen molar-refractivity contribution in [2.45, 2.75) is 51.7 Å². The zero-order valence-electron chi connectivity index (χ0n) is 15.5. The molecule has 1 aliphatic carbocycles. The number of nitrogens with zero attached hydrogens (tertiary/aromatic N) is 2. The van der Waals surface area contributed by atoms with Crippen molar-refractivity contribution in [2.24, 2.45) is 11.7 Å². The van der Waals surface area contributed by atoms with Gasteiger partial charge in [0.1, 0.15) is 0 Å². The molecule has 0 amide bonds. The molecule has 1 saturated carbocycles. The average molecular weight is 348 g/mol. The van der Waals surface area contributed by atoms with E-state index in [-0.39, 0.29) is 0 Å². The highest BCUT2D eigenvalue weighted by atomic mass is 15.1. The quantitative estimate of drug-likeness (QED) is 0.796. The topological polar surface area (TPSA) is 53.0 Å². The van der Waals surface area contributed by atoms with Crippen molar-refractivity contribution in [1.82, 2.24) is 4.90 Å². The summed E-state index contributed by atoms with van der Waals surface area (Å²) in [7, 11) is 0. The zero-order chi connectivity index (χ0) is 18.2. The average Bonchev–Trinajstić information content (AvgIpc) is 2.69. The van der Waals surface area contributed by atoms with E-state index in [0.29, 0.717) is 6.54 Å². The van der Waals surface area contributed by atoms with Gasteiger partial charge in [-0.15, -0.1) is 0 Å². The van der Waals surface area contributed by atoms with Crippen LogP contribution >= 0.6 is 0 Å². The number of nitrogens with two attached hydrogens (primary N) is 1. The number of nitriles is 1. The van der Waals surface area contributed by atoms with Crippen molar-refractivity contribution >= 4 is 0 Å². The van der Waals surface area contributed by atoms with Gasteiger partial charge in [-0.2, -0.15) is 5.26 Å². The van der Waals surface area contributed by atoms with E-state index in [9.17, 15) is 0 Å². The van der Waals surface area contributed by atoms with Crippen LogP contribution in [0.5, 0.6) is 0 Å². The van der Waals surface area contributed by atoms with Gasteiger partial charge in [-0.25, -0.2) is 0 Å². The molecule has 0 heterocycles. The van der Waals surface area contributed by atoms with Crippen molar-refractivity contribution in [3.63, 3.8) is 0 Å². The molecule has 0 radical (unpaired) electrons. The Labute approximate surface area is 157 Å². The van der Waals surface area contributed by atoms with Crippen LogP contribution in [0.2, 0.25) is 0 Å². The Bertz CT molecular complexity index is 724. The SMILES string of the molecule is N#Cc1cccc(CN(Cc2ccc(CN)cc2)CC2CCCCC2)c1. The van der Waals surface area contributed by atoms with Crippen molar-refractivity contribution in [3.05, 3.63) is 70.8 Å². The summed E-state index contributed by atoms with van der Waals surface area (Å²) in [6.45, 7) is 3.56. The molecule has 2 aromatic carbocycles. The maximum absolute atomic E-state index is 9.17. The molecule has 0 saturated heterocycles. The third kappa shape index (κ3) is 5.42. The summed E-state index contributed by atoms with van der Waals surface area (Å²) < 4.78 is 0. The summed E-state index contributed by atoms with van der Waals surface area (Å²) in [5.41, 5.74) is 10.2. The molecule has 26 heavy (non-hydrogen) atoms. The molecule has 0 aromatic heterocycles. The number of rotatable bonds is 7. The smallest absolute Gasteiger partial charge is 0.0991 e. The first-order valence-electron chi connectivity index (χ1n) is 9.76. The minimum Gasteiger partial charge on any atom is -0.326 e. The molecule has 136 valence electrons. The lowest BCUT2D eigenvalue weighted by Crippen LogP contribution is -2.30. The van der Waals surface area contributed by atoms with Gasteiger partial charge in [0.15, 0.2) is 0 Å². The molecule has 1 fully saturated rings. The molecular formula is C23H29N3. The van der Waals surface area contributed by atoms with Gasteiger partial charge in [-0.05, 0) is 47.6 Å². The number of hydrogen-bond acceptors (Lipinski definition) is 3. The fraction of sp³-hybridized carbons (Fsp3) is 0.435. The molecule has 3 rings (SSSR count). The summed E-state index contributed by atoms with van der Waals surface area (Å²) in [5.74, 6) is 0.797. The third-order valence-corrected chi connectivity index (χ3v) is 5.37. The summed E-state index contributed by atoms with van der Waals surface area (Å²) in [5, 5.41) is 9.17. The fourth-order valence-corrected chi connectivity index (χ4v) is 3.96. The van der Waals surface area contributed by atoms with Crippen molar-refractivity contribution in [1.29, 1.82) is 5.26 Å². The van der Waals surface area contributed by atoms with Crippen LogP contribution in [0.15, 0.2) is 48.5 Å². The van der Waals surface area contributed by atoms with E-state index >= 15 is 0 Å². The highest BCUT2D eigenvalue weighted by molar-refractivity contribution is 5.32. The van der Waals surface area contributed by atoms with Crippen LogP contribution in [-0.4, -0.2) is 11.4 Å². The molecule has 1 aliphatic rings. The van der Waals surface area contributed by atoms with E-state index in [4.69, 9.17) is 11.0 Å². The first-order chi connectivity index (χ1) is 12.8. The second-order valence-corrected chi connectivity index (χ2v) is 7.51. The van der Waals surface area contributed by atoms with Gasteiger partial charge >= 0.3 is 0 Å². The molecule has 0 aliphatic heterocycles. The normalized spacial score (nSPS) is 15.1. The molecule has 0 spiro atoms. The molecule has 0 bridgehead atoms. The highest BCUT2D eigenvalue weighted by Crippen LogP contribution is 2.26. The van der Waals surface area contributed by atoms with Crippen LogP contribution in [0, 0.1) is 17.2 Å². The van der Waals surface area contributed by atoms with Crippen molar-refractivity contribution in [2.75, 3.05) is 6.54 Å². The van der Waals surface area contributed by atoms with Gasteiger partial charge in [0.25, 0.3) is 0 Å². The Hall–Kier alpha value is -2.15. The molecule has 3 nitrogen and oxygen atoms in total. The van der Waals surface area contributed by atoms with Crippen molar-refractivity contribution in [3.8, 4) is 6.07 Å². The summed E-state index contributed by atoms with van der Waals surface area (Å²) in [6, 6.07) is 18.9. The summed E-state index contributed by atoms with van der Waals surface area (Å²) >= 11 is 0. The van der Waals surface area contributed by atoms with Gasteiger partial charge in [0.2, 0.25) is 0 Å². The van der Waals surface area contributed by atoms with Crippen LogP contribution in [0.4, 0.5) is 0 Å². The molecule has 0 atom stereocenters. The van der Waals surface area contributed by atoms with E-state index in [1.165, 1.54) is 48.8 Å². The molecule has 3 heteroatoms. The van der Waals surface area contributed by atoms with Gasteiger partial charge in [0, 0.05) is 26.2 Å². The lowest BCUT2D eigenvalue weighted by molar-refractivity contribution is 0.187. The van der Waals surface area contributed by atoms with Crippen LogP contribution in [0.3, 0.4) is 0 Å². The van der Waals surface area contributed by atoms with Crippen LogP contribution in [0.25, 0.3) is 0 Å². The second kappa shape index (κ2) is 9.52. The van der Waals surface area contributed by atoms with E-state index < -0.39 is 0 Å². The zero-order valence-corrected chi connectivity index (χ0v) is 15.5. The maximum atomic E-state index is 9.17. The van der Waals surface area contributed by atoms with E-state index in [2.05, 4.69) is 41.3 Å². The Balaban J connectivity index is 1.72. The highest BCUT2D eigenvalue weighted by Gasteiger charge is 2.18. The van der Waals surface area contributed by atoms with Gasteiger partial charge < -0.3 is 5.73 Å². The second-order valence-electron chi connectivity index (χ2n) is 7.51. The van der Waals surface area contributed by atoms with Gasteiger partial charge in [-0.3, -0.25) is 4.90 Å². The van der Waals surface area contributed by atoms with Crippen LogP contribution in [0.1, 0.15) is 54.4 Å². The first-order valence-corrected chi connectivity index (χ1v) is 9.76. The predicted octanol–water partition coefficient (Wildman–Crippen LogP) is 4.60. The van der Waals surface area contributed by atoms with Crippen LogP contribution < -0.4 is 5.73 Å². The van der Waals surface area contributed by atoms with Crippen LogP contribution in [-0.2, 0) is 19.6 Å². The van der Waals surface area contributed by atoms with E-state index in [1.807, 2.05) is 18.2 Å².